The molecule has 0 spiro atoms. The van der Waals surface area contributed by atoms with Crippen LogP contribution >= 0.6 is 11.6 Å². The lowest BCUT2D eigenvalue weighted by Crippen LogP contribution is -2.17. The van der Waals surface area contributed by atoms with Crippen LogP contribution in [-0.2, 0) is 6.42 Å². The zero-order valence-electron chi connectivity index (χ0n) is 11.8. The molecule has 20 heavy (non-hydrogen) atoms. The summed E-state index contributed by atoms with van der Waals surface area (Å²) >= 11 is 6.34. The Hall–Kier alpha value is -0.930. The molecular weight excluding hydrogens is 274 g/mol. The number of halogens is 1. The van der Waals surface area contributed by atoms with Gasteiger partial charge in [-0.3, -0.25) is 0 Å². The van der Waals surface area contributed by atoms with Crippen LogP contribution in [0.3, 0.4) is 0 Å². The van der Waals surface area contributed by atoms with Crippen LogP contribution < -0.4 is 14.8 Å². The molecule has 3 rings (SSSR count). The third kappa shape index (κ3) is 3.80. The van der Waals surface area contributed by atoms with E-state index in [-0.39, 0.29) is 0 Å². The minimum absolute atomic E-state index is 0.704. The highest BCUT2D eigenvalue weighted by molar-refractivity contribution is 6.31. The molecule has 1 aliphatic carbocycles. The molecular formula is C16H22ClNO2. The van der Waals surface area contributed by atoms with Gasteiger partial charge in [-0.25, -0.2) is 0 Å². The number of unbranched alkanes of at least 4 members (excludes halogenated alkanes) is 1. The van der Waals surface area contributed by atoms with Gasteiger partial charge in [0.1, 0.15) is 0 Å². The molecule has 0 aromatic heterocycles. The van der Waals surface area contributed by atoms with Gasteiger partial charge >= 0.3 is 0 Å². The molecule has 0 amide bonds. The Labute approximate surface area is 125 Å². The Morgan fingerprint density at radius 2 is 1.85 bits per heavy atom. The molecule has 1 aromatic carbocycles. The molecule has 0 radical (unpaired) electrons. The molecule has 1 N–H and O–H groups in total. The normalized spacial score (nSPS) is 17.9. The Balaban J connectivity index is 1.53. The second kappa shape index (κ2) is 6.68. The third-order valence-corrected chi connectivity index (χ3v) is 4.15. The minimum Gasteiger partial charge on any atom is -0.490 e. The number of ether oxygens (including phenoxy) is 2. The first-order valence-corrected chi connectivity index (χ1v) is 8.02. The summed E-state index contributed by atoms with van der Waals surface area (Å²) < 4.78 is 11.4. The Morgan fingerprint density at radius 3 is 2.60 bits per heavy atom. The first kappa shape index (κ1) is 14.0. The molecule has 3 nitrogen and oxygen atoms in total. The van der Waals surface area contributed by atoms with E-state index in [0.29, 0.717) is 6.61 Å². The summed E-state index contributed by atoms with van der Waals surface area (Å²) in [5.41, 5.74) is 1.17. The monoisotopic (exact) mass is 295 g/mol. The molecule has 0 atom stereocenters. The highest BCUT2D eigenvalue weighted by Gasteiger charge is 2.19. The van der Waals surface area contributed by atoms with Crippen molar-refractivity contribution >= 4 is 11.6 Å². The quantitative estimate of drug-likeness (QED) is 0.814. The van der Waals surface area contributed by atoms with Gasteiger partial charge < -0.3 is 14.8 Å². The number of aryl methyl sites for hydroxylation is 1. The van der Waals surface area contributed by atoms with Crippen LogP contribution in [0.15, 0.2) is 12.1 Å². The Kier molecular flexibility index (Phi) is 4.69. The first-order chi connectivity index (χ1) is 9.83. The van der Waals surface area contributed by atoms with Crippen LogP contribution in [0.2, 0.25) is 5.02 Å². The predicted octanol–water partition coefficient (Wildman–Crippen LogP) is 3.58. The van der Waals surface area contributed by atoms with Gasteiger partial charge in [0, 0.05) is 23.6 Å². The number of fused-ring (bicyclic) bond motifs is 1. The van der Waals surface area contributed by atoms with Crippen molar-refractivity contribution in [3.63, 3.8) is 0 Å². The number of rotatable bonds is 6. The van der Waals surface area contributed by atoms with Crippen molar-refractivity contribution in [2.45, 2.75) is 44.6 Å². The van der Waals surface area contributed by atoms with E-state index in [2.05, 4.69) is 11.4 Å². The van der Waals surface area contributed by atoms with Gasteiger partial charge in [-0.2, -0.15) is 0 Å². The summed E-state index contributed by atoms with van der Waals surface area (Å²) in [6.07, 6.45) is 6.98. The highest BCUT2D eigenvalue weighted by Crippen LogP contribution is 2.35. The summed E-state index contributed by atoms with van der Waals surface area (Å²) in [5.74, 6) is 1.63. The van der Waals surface area contributed by atoms with Crippen molar-refractivity contribution in [2.75, 3.05) is 19.8 Å². The van der Waals surface area contributed by atoms with Crippen LogP contribution in [0.5, 0.6) is 11.5 Å². The summed E-state index contributed by atoms with van der Waals surface area (Å²) in [6.45, 7) is 2.54. The Morgan fingerprint density at radius 1 is 1.10 bits per heavy atom. The van der Waals surface area contributed by atoms with Gasteiger partial charge in [-0.1, -0.05) is 11.6 Å². The Bertz CT molecular complexity index is 460. The number of benzene rings is 1. The van der Waals surface area contributed by atoms with Gasteiger partial charge in [-0.15, -0.1) is 0 Å². The van der Waals surface area contributed by atoms with E-state index in [4.69, 9.17) is 21.1 Å². The van der Waals surface area contributed by atoms with Crippen molar-refractivity contribution < 1.29 is 9.47 Å². The van der Waals surface area contributed by atoms with Crippen molar-refractivity contribution in [1.82, 2.24) is 5.32 Å². The van der Waals surface area contributed by atoms with E-state index in [1.165, 1.54) is 24.8 Å². The molecule has 4 heteroatoms. The SMILES string of the molecule is Clc1cc2c(cc1CCCCNC1CC1)OCCCO2. The lowest BCUT2D eigenvalue weighted by atomic mass is 10.1. The second-order valence-electron chi connectivity index (χ2n) is 5.63. The maximum atomic E-state index is 6.34. The largest absolute Gasteiger partial charge is 0.490 e. The molecule has 110 valence electrons. The number of nitrogens with one attached hydrogen (secondary N) is 1. The first-order valence-electron chi connectivity index (χ1n) is 7.64. The van der Waals surface area contributed by atoms with Crippen molar-refractivity contribution in [1.29, 1.82) is 0 Å². The van der Waals surface area contributed by atoms with Crippen LogP contribution in [0, 0.1) is 0 Å². The summed E-state index contributed by atoms with van der Waals surface area (Å²) in [5, 5.41) is 4.33. The number of hydrogen-bond acceptors (Lipinski definition) is 3. The van der Waals surface area contributed by atoms with Crippen LogP contribution in [0.4, 0.5) is 0 Å². The molecule has 1 aliphatic heterocycles. The third-order valence-electron chi connectivity index (χ3n) is 3.80. The van der Waals surface area contributed by atoms with E-state index in [9.17, 15) is 0 Å². The average molecular weight is 296 g/mol. The zero-order valence-corrected chi connectivity index (χ0v) is 12.5. The van der Waals surface area contributed by atoms with Gasteiger partial charge in [0.15, 0.2) is 11.5 Å². The maximum Gasteiger partial charge on any atom is 0.162 e. The van der Waals surface area contributed by atoms with Gasteiger partial charge in [0.05, 0.1) is 13.2 Å². The molecule has 1 fully saturated rings. The molecule has 1 aromatic rings. The molecule has 1 saturated carbocycles. The van der Waals surface area contributed by atoms with Crippen molar-refractivity contribution in [3.8, 4) is 11.5 Å². The minimum atomic E-state index is 0.704. The summed E-state index contributed by atoms with van der Waals surface area (Å²) in [4.78, 5) is 0. The topological polar surface area (TPSA) is 30.5 Å². The molecule has 0 bridgehead atoms. The van der Waals surface area contributed by atoms with Gasteiger partial charge in [0.25, 0.3) is 0 Å². The summed E-state index contributed by atoms with van der Waals surface area (Å²) in [7, 11) is 0. The highest BCUT2D eigenvalue weighted by atomic mass is 35.5. The zero-order chi connectivity index (χ0) is 13.8. The standard InChI is InChI=1S/C16H22ClNO2/c17-14-11-16-15(19-8-3-9-20-16)10-12(14)4-1-2-7-18-13-5-6-13/h10-11,13,18H,1-9H2. The van der Waals surface area contributed by atoms with Gasteiger partial charge in [0.2, 0.25) is 0 Å². The maximum absolute atomic E-state index is 6.34. The van der Waals surface area contributed by atoms with Crippen LogP contribution in [0.25, 0.3) is 0 Å². The summed E-state index contributed by atoms with van der Waals surface area (Å²) in [6, 6.07) is 4.76. The molecule has 0 saturated heterocycles. The second-order valence-corrected chi connectivity index (χ2v) is 6.03. The van der Waals surface area contributed by atoms with Crippen LogP contribution in [0.1, 0.15) is 37.7 Å². The van der Waals surface area contributed by atoms with Crippen molar-refractivity contribution in [2.24, 2.45) is 0 Å². The van der Waals surface area contributed by atoms with Gasteiger partial charge in [-0.05, 0) is 50.3 Å². The fourth-order valence-electron chi connectivity index (χ4n) is 2.45. The van der Waals surface area contributed by atoms with Crippen LogP contribution in [-0.4, -0.2) is 25.8 Å². The van der Waals surface area contributed by atoms with Crippen molar-refractivity contribution in [3.05, 3.63) is 22.7 Å². The lowest BCUT2D eigenvalue weighted by molar-refractivity contribution is 0.297. The molecule has 2 aliphatic rings. The smallest absolute Gasteiger partial charge is 0.162 e. The van der Waals surface area contributed by atoms with E-state index >= 15 is 0 Å². The van der Waals surface area contributed by atoms with E-state index in [1.54, 1.807) is 0 Å². The predicted molar refractivity (Wildman–Crippen MR) is 81.0 cm³/mol. The molecule has 1 heterocycles. The fourth-order valence-corrected chi connectivity index (χ4v) is 2.70. The van der Waals surface area contributed by atoms with E-state index < -0.39 is 0 Å². The van der Waals surface area contributed by atoms with E-state index in [0.717, 1.165) is 55.0 Å². The lowest BCUT2D eigenvalue weighted by Gasteiger charge is -2.11. The van der Waals surface area contributed by atoms with E-state index in [1.807, 2.05) is 6.07 Å². The molecule has 0 unspecified atom stereocenters. The fraction of sp³-hybridized carbons (Fsp3) is 0.625. The number of hydrogen-bond donors (Lipinski definition) is 1. The average Bonchev–Trinajstić information content (AvgIpc) is 3.25.